The Morgan fingerprint density at radius 2 is 1.60 bits per heavy atom. The van der Waals surface area contributed by atoms with Crippen molar-refractivity contribution in [2.24, 2.45) is 14.1 Å². The van der Waals surface area contributed by atoms with E-state index in [0.29, 0.717) is 33.2 Å². The topological polar surface area (TPSA) is 73.1 Å². The number of anilines is 1. The minimum atomic E-state index is -0.771. The highest BCUT2D eigenvalue weighted by Crippen LogP contribution is 2.49. The zero-order valence-electron chi connectivity index (χ0n) is 16.0. The zero-order chi connectivity index (χ0) is 21.3. The molecule has 0 fully saturated rings. The average molecular weight is 440 g/mol. The van der Waals surface area contributed by atoms with E-state index in [1.54, 1.807) is 37.4 Å². The minimum absolute atomic E-state index is 0.185. The molecule has 3 aromatic rings. The van der Waals surface area contributed by atoms with Crippen LogP contribution in [0.15, 0.2) is 57.6 Å². The Hall–Kier alpha value is -3.09. The summed E-state index contributed by atoms with van der Waals surface area (Å²) < 4.78 is 2.40. The Labute approximate surface area is 181 Å². The van der Waals surface area contributed by atoms with Crippen LogP contribution in [0.4, 0.5) is 5.82 Å². The van der Waals surface area contributed by atoms with Crippen LogP contribution in [0.2, 0.25) is 10.0 Å². The molecule has 6 nitrogen and oxygen atoms in total. The number of ketones is 1. The first-order valence-electron chi connectivity index (χ1n) is 9.22. The van der Waals surface area contributed by atoms with E-state index < -0.39 is 17.2 Å². The van der Waals surface area contributed by atoms with E-state index in [0.717, 1.165) is 10.1 Å². The van der Waals surface area contributed by atoms with Gasteiger partial charge in [0.2, 0.25) is 0 Å². The summed E-state index contributed by atoms with van der Waals surface area (Å²) in [6.07, 6.45) is 0. The van der Waals surface area contributed by atoms with Crippen molar-refractivity contribution in [1.82, 2.24) is 9.13 Å². The molecule has 0 unspecified atom stereocenters. The summed E-state index contributed by atoms with van der Waals surface area (Å²) in [5.41, 5.74) is 2.11. The average Bonchev–Trinajstić information content (AvgIpc) is 3.04. The minimum Gasteiger partial charge on any atom is -0.340 e. The molecule has 1 aliphatic carbocycles. The second-order valence-electron chi connectivity index (χ2n) is 7.33. The van der Waals surface area contributed by atoms with Crippen LogP contribution in [0, 0.1) is 0 Å². The number of carbonyl (C=O) groups is 1. The molecule has 0 bridgehead atoms. The monoisotopic (exact) mass is 439 g/mol. The number of nitrogens with one attached hydrogen (secondary N) is 1. The van der Waals surface area contributed by atoms with Crippen molar-refractivity contribution in [2.75, 3.05) is 5.32 Å². The normalized spacial score (nSPS) is 16.8. The smallest absolute Gasteiger partial charge is 0.332 e. The summed E-state index contributed by atoms with van der Waals surface area (Å²) in [5.74, 6) is -0.615. The molecule has 0 amide bonds. The number of Topliss-reactive ketones (excluding diaryl/α,β-unsaturated/α-hetero) is 1. The maximum Gasteiger partial charge on any atom is 0.332 e. The lowest BCUT2D eigenvalue weighted by Gasteiger charge is -2.30. The Kier molecular flexibility index (Phi) is 4.07. The van der Waals surface area contributed by atoms with E-state index in [1.165, 1.54) is 11.6 Å². The Balaban J connectivity index is 1.93. The molecule has 2 aromatic carbocycles. The summed E-state index contributed by atoms with van der Waals surface area (Å²) in [5, 5.41) is 3.78. The van der Waals surface area contributed by atoms with Gasteiger partial charge >= 0.3 is 5.69 Å². The summed E-state index contributed by atoms with van der Waals surface area (Å²) in [4.78, 5) is 39.2. The van der Waals surface area contributed by atoms with Crippen LogP contribution in [0.1, 0.15) is 33.0 Å². The van der Waals surface area contributed by atoms with Gasteiger partial charge in [0.05, 0.1) is 27.2 Å². The molecule has 1 aromatic heterocycles. The second kappa shape index (κ2) is 6.45. The highest BCUT2D eigenvalue weighted by Gasteiger charge is 2.43. The predicted octanol–water partition coefficient (Wildman–Crippen LogP) is 3.56. The van der Waals surface area contributed by atoms with Gasteiger partial charge in [-0.3, -0.25) is 18.7 Å². The maximum atomic E-state index is 13.4. The number of aromatic nitrogens is 2. The summed E-state index contributed by atoms with van der Waals surface area (Å²) >= 11 is 12.8. The van der Waals surface area contributed by atoms with Crippen molar-refractivity contribution >= 4 is 40.5 Å². The first-order valence-corrected chi connectivity index (χ1v) is 9.97. The van der Waals surface area contributed by atoms with Gasteiger partial charge < -0.3 is 5.32 Å². The molecule has 30 heavy (non-hydrogen) atoms. The molecule has 0 saturated heterocycles. The van der Waals surface area contributed by atoms with E-state index >= 15 is 0 Å². The van der Waals surface area contributed by atoms with E-state index in [9.17, 15) is 14.4 Å². The zero-order valence-corrected chi connectivity index (χ0v) is 17.5. The number of fused-ring (bicyclic) bond motifs is 3. The Morgan fingerprint density at radius 3 is 2.33 bits per heavy atom. The van der Waals surface area contributed by atoms with Crippen molar-refractivity contribution in [3.63, 3.8) is 0 Å². The fourth-order valence-electron chi connectivity index (χ4n) is 4.31. The van der Waals surface area contributed by atoms with Crippen LogP contribution in [0.3, 0.4) is 0 Å². The Morgan fingerprint density at radius 1 is 0.900 bits per heavy atom. The molecule has 8 heteroatoms. The standard InChI is InChI=1S/C22H15Cl2N3O3/c1-26-20-16(21(29)27(2)22(26)30)14(12-8-5-9-13(23)17(12)24)15-18(25-20)10-6-3-4-7-11(10)19(15)28/h3-9,14,25H,1-2H3/t14-/m1/s1. The number of allylic oxidation sites excluding steroid dienone is 1. The van der Waals surface area contributed by atoms with Crippen LogP contribution in [-0.2, 0) is 14.1 Å². The first kappa shape index (κ1) is 18.9. The number of rotatable bonds is 1. The van der Waals surface area contributed by atoms with Gasteiger partial charge in [0.15, 0.2) is 5.78 Å². The molecule has 5 rings (SSSR count). The third-order valence-corrected chi connectivity index (χ3v) is 6.60. The maximum absolute atomic E-state index is 13.4. The molecule has 150 valence electrons. The third-order valence-electron chi connectivity index (χ3n) is 5.77. The fourth-order valence-corrected chi connectivity index (χ4v) is 4.73. The SMILES string of the molecule is Cn1c2c(c(=O)n(C)c1=O)[C@H](c1cccc(Cl)c1Cl)C1=C(N2)c2ccccc2C1=O. The molecule has 0 spiro atoms. The molecular formula is C22H15Cl2N3O3. The lowest BCUT2D eigenvalue weighted by atomic mass is 9.81. The molecule has 2 aliphatic rings. The van der Waals surface area contributed by atoms with Gasteiger partial charge in [-0.1, -0.05) is 59.6 Å². The van der Waals surface area contributed by atoms with Crippen molar-refractivity contribution in [3.05, 3.63) is 101 Å². The van der Waals surface area contributed by atoms with Gasteiger partial charge in [0, 0.05) is 30.8 Å². The summed E-state index contributed by atoms with van der Waals surface area (Å²) in [7, 11) is 3.00. The van der Waals surface area contributed by atoms with Crippen LogP contribution in [-0.4, -0.2) is 14.9 Å². The van der Waals surface area contributed by atoms with Crippen molar-refractivity contribution in [2.45, 2.75) is 5.92 Å². The van der Waals surface area contributed by atoms with E-state index in [2.05, 4.69) is 5.32 Å². The molecule has 0 saturated carbocycles. The molecule has 2 heterocycles. The van der Waals surface area contributed by atoms with E-state index in [-0.39, 0.29) is 16.4 Å². The van der Waals surface area contributed by atoms with Gasteiger partial charge in [0.25, 0.3) is 5.56 Å². The number of hydrogen-bond acceptors (Lipinski definition) is 4. The molecule has 1 atom stereocenters. The molecular weight excluding hydrogens is 425 g/mol. The van der Waals surface area contributed by atoms with Crippen molar-refractivity contribution < 1.29 is 4.79 Å². The van der Waals surface area contributed by atoms with Crippen molar-refractivity contribution in [3.8, 4) is 0 Å². The quantitative estimate of drug-likeness (QED) is 0.628. The largest absolute Gasteiger partial charge is 0.340 e. The summed E-state index contributed by atoms with van der Waals surface area (Å²) in [6.45, 7) is 0. The molecule has 0 radical (unpaired) electrons. The summed E-state index contributed by atoms with van der Waals surface area (Å²) in [6, 6.07) is 12.3. The third kappa shape index (κ3) is 2.35. The van der Waals surface area contributed by atoms with Crippen LogP contribution in [0.25, 0.3) is 5.70 Å². The van der Waals surface area contributed by atoms with E-state index in [4.69, 9.17) is 23.2 Å². The van der Waals surface area contributed by atoms with Crippen LogP contribution < -0.4 is 16.6 Å². The fraction of sp³-hybridized carbons (Fsp3) is 0.136. The van der Waals surface area contributed by atoms with Gasteiger partial charge in [0.1, 0.15) is 5.82 Å². The van der Waals surface area contributed by atoms with Gasteiger partial charge in [-0.05, 0) is 11.6 Å². The first-order chi connectivity index (χ1) is 14.3. The van der Waals surface area contributed by atoms with Gasteiger partial charge in [-0.15, -0.1) is 0 Å². The van der Waals surface area contributed by atoms with E-state index in [1.807, 2.05) is 12.1 Å². The number of benzene rings is 2. The Bertz CT molecular complexity index is 1430. The second-order valence-corrected chi connectivity index (χ2v) is 8.12. The predicted molar refractivity (Wildman–Crippen MR) is 117 cm³/mol. The van der Waals surface area contributed by atoms with Gasteiger partial charge in [-0.2, -0.15) is 0 Å². The molecule has 1 N–H and O–H groups in total. The number of nitrogens with zero attached hydrogens (tertiary/aromatic N) is 2. The van der Waals surface area contributed by atoms with Crippen molar-refractivity contribution in [1.29, 1.82) is 0 Å². The lowest BCUT2D eigenvalue weighted by Crippen LogP contribution is -2.42. The highest BCUT2D eigenvalue weighted by molar-refractivity contribution is 6.42. The highest BCUT2D eigenvalue weighted by atomic mass is 35.5. The lowest BCUT2D eigenvalue weighted by molar-refractivity contribution is 0.103. The van der Waals surface area contributed by atoms with Crippen LogP contribution >= 0.6 is 23.2 Å². The number of hydrogen-bond donors (Lipinski definition) is 1. The van der Waals surface area contributed by atoms with Gasteiger partial charge in [-0.25, -0.2) is 4.79 Å². The number of carbonyl (C=O) groups excluding carboxylic acids is 1. The van der Waals surface area contributed by atoms with Crippen LogP contribution in [0.5, 0.6) is 0 Å². The number of halogens is 2. The molecule has 1 aliphatic heterocycles.